The Labute approximate surface area is 231 Å². The lowest BCUT2D eigenvalue weighted by molar-refractivity contribution is -0.208. The Morgan fingerprint density at radius 2 is 1.18 bits per heavy atom. The third kappa shape index (κ3) is 6.51. The molecule has 0 unspecified atom stereocenters. The smallest absolute Gasteiger partial charge is 0.169 e. The molecular formula is C34H38O5. The lowest BCUT2D eigenvalue weighted by Crippen LogP contribution is -2.50. The quantitative estimate of drug-likeness (QED) is 0.273. The van der Waals surface area contributed by atoms with Gasteiger partial charge in [-0.25, -0.2) is 0 Å². The van der Waals surface area contributed by atoms with E-state index in [4.69, 9.17) is 23.7 Å². The molecule has 0 N–H and O–H groups in total. The van der Waals surface area contributed by atoms with Crippen LogP contribution < -0.4 is 0 Å². The molecule has 1 aliphatic heterocycles. The van der Waals surface area contributed by atoms with E-state index in [1.807, 2.05) is 54.6 Å². The van der Waals surface area contributed by atoms with Gasteiger partial charge in [-0.3, -0.25) is 0 Å². The van der Waals surface area contributed by atoms with E-state index in [0.29, 0.717) is 26.4 Å². The van der Waals surface area contributed by atoms with E-state index in [1.165, 1.54) is 6.42 Å². The van der Waals surface area contributed by atoms with Gasteiger partial charge in [0.25, 0.3) is 0 Å². The van der Waals surface area contributed by atoms with E-state index in [2.05, 4.69) is 42.5 Å². The Morgan fingerprint density at radius 3 is 1.79 bits per heavy atom. The molecule has 3 aliphatic rings. The van der Waals surface area contributed by atoms with Crippen LogP contribution in [-0.2, 0) is 43.5 Å². The van der Waals surface area contributed by atoms with Gasteiger partial charge >= 0.3 is 0 Å². The van der Waals surface area contributed by atoms with Crippen molar-refractivity contribution < 1.29 is 23.7 Å². The summed E-state index contributed by atoms with van der Waals surface area (Å²) in [6.07, 6.45) is 6.48. The zero-order valence-electron chi connectivity index (χ0n) is 22.5. The van der Waals surface area contributed by atoms with E-state index in [0.717, 1.165) is 47.9 Å². The normalized spacial score (nSPS) is 25.8. The third-order valence-corrected chi connectivity index (χ3v) is 7.94. The van der Waals surface area contributed by atoms with Gasteiger partial charge in [0, 0.05) is 12.8 Å². The minimum atomic E-state index is -0.525. The number of hydrogen-bond acceptors (Lipinski definition) is 5. The molecule has 5 nitrogen and oxygen atoms in total. The zero-order chi connectivity index (χ0) is 26.3. The van der Waals surface area contributed by atoms with Crippen LogP contribution in [0.3, 0.4) is 0 Å². The van der Waals surface area contributed by atoms with Crippen molar-refractivity contribution in [2.45, 2.75) is 82.1 Å². The summed E-state index contributed by atoms with van der Waals surface area (Å²) in [5.74, 6) is -0.525. The molecule has 2 fully saturated rings. The maximum Gasteiger partial charge on any atom is 0.169 e. The van der Waals surface area contributed by atoms with Gasteiger partial charge in [0.1, 0.15) is 24.4 Å². The SMILES string of the molecule is C1=C(COCc2ccccc2)[C@@H](OCc2ccccc2)[C@H](OCc2ccccc2)[C@@H]2OC3(CCCCC3)O[C@H]12. The minimum Gasteiger partial charge on any atom is -0.372 e. The second-order valence-electron chi connectivity index (χ2n) is 10.8. The number of benzene rings is 3. The summed E-state index contributed by atoms with van der Waals surface area (Å²) in [6.45, 7) is 1.94. The molecule has 0 amide bonds. The molecule has 0 bridgehead atoms. The Hall–Kier alpha value is -2.80. The third-order valence-electron chi connectivity index (χ3n) is 7.94. The van der Waals surface area contributed by atoms with Crippen LogP contribution in [0.15, 0.2) is 103 Å². The van der Waals surface area contributed by atoms with Crippen LogP contribution in [-0.4, -0.2) is 36.8 Å². The molecule has 4 atom stereocenters. The molecule has 1 heterocycles. The Kier molecular flexibility index (Phi) is 8.53. The lowest BCUT2D eigenvalue weighted by atomic mass is 9.89. The van der Waals surface area contributed by atoms with Crippen LogP contribution in [0.5, 0.6) is 0 Å². The van der Waals surface area contributed by atoms with Crippen molar-refractivity contribution in [3.8, 4) is 0 Å². The van der Waals surface area contributed by atoms with Gasteiger partial charge in [-0.15, -0.1) is 0 Å². The summed E-state index contributed by atoms with van der Waals surface area (Å²) in [6, 6.07) is 30.8. The van der Waals surface area contributed by atoms with Crippen LogP contribution >= 0.6 is 0 Å². The van der Waals surface area contributed by atoms with Gasteiger partial charge in [0.2, 0.25) is 0 Å². The first-order valence-corrected chi connectivity index (χ1v) is 14.3. The topological polar surface area (TPSA) is 46.2 Å². The predicted octanol–water partition coefficient (Wildman–Crippen LogP) is 6.76. The summed E-state index contributed by atoms with van der Waals surface area (Å²) >= 11 is 0. The molecule has 1 saturated carbocycles. The average molecular weight is 527 g/mol. The van der Waals surface area contributed by atoms with E-state index < -0.39 is 5.79 Å². The number of rotatable bonds is 10. The molecule has 3 aromatic carbocycles. The second kappa shape index (κ2) is 12.6. The fraction of sp³-hybridized carbons (Fsp3) is 0.412. The maximum absolute atomic E-state index is 6.79. The van der Waals surface area contributed by atoms with Gasteiger partial charge in [0.05, 0.1) is 26.4 Å². The van der Waals surface area contributed by atoms with Crippen molar-refractivity contribution in [2.24, 2.45) is 0 Å². The molecule has 3 aromatic rings. The number of hydrogen-bond donors (Lipinski definition) is 0. The van der Waals surface area contributed by atoms with Gasteiger partial charge in [-0.05, 0) is 41.2 Å². The van der Waals surface area contributed by atoms with Crippen molar-refractivity contribution in [1.82, 2.24) is 0 Å². The monoisotopic (exact) mass is 526 g/mol. The fourth-order valence-corrected chi connectivity index (χ4v) is 5.96. The van der Waals surface area contributed by atoms with E-state index in [1.54, 1.807) is 0 Å². The Morgan fingerprint density at radius 1 is 0.615 bits per heavy atom. The summed E-state index contributed by atoms with van der Waals surface area (Å²) in [5.41, 5.74) is 4.45. The zero-order valence-corrected chi connectivity index (χ0v) is 22.5. The first-order chi connectivity index (χ1) is 19.3. The molecule has 1 spiro atoms. The highest BCUT2D eigenvalue weighted by atomic mass is 16.8. The van der Waals surface area contributed by atoms with Crippen molar-refractivity contribution in [3.63, 3.8) is 0 Å². The molecule has 204 valence electrons. The lowest BCUT2D eigenvalue weighted by Gasteiger charge is -2.38. The van der Waals surface area contributed by atoms with E-state index >= 15 is 0 Å². The highest BCUT2D eigenvalue weighted by Crippen LogP contribution is 2.45. The van der Waals surface area contributed by atoms with Crippen molar-refractivity contribution in [1.29, 1.82) is 0 Å². The van der Waals surface area contributed by atoms with Crippen LogP contribution in [0.1, 0.15) is 48.8 Å². The van der Waals surface area contributed by atoms with Gasteiger partial charge in [-0.1, -0.05) is 97.4 Å². The molecule has 6 rings (SSSR count). The van der Waals surface area contributed by atoms with Crippen molar-refractivity contribution >= 4 is 0 Å². The molecule has 0 aromatic heterocycles. The first-order valence-electron chi connectivity index (χ1n) is 14.3. The van der Waals surface area contributed by atoms with Gasteiger partial charge in [0.15, 0.2) is 5.79 Å². The highest BCUT2D eigenvalue weighted by Gasteiger charge is 2.54. The number of fused-ring (bicyclic) bond motifs is 1. The summed E-state index contributed by atoms with van der Waals surface area (Å²) in [5, 5.41) is 0. The summed E-state index contributed by atoms with van der Waals surface area (Å²) in [4.78, 5) is 0. The van der Waals surface area contributed by atoms with Crippen molar-refractivity contribution in [2.75, 3.05) is 6.61 Å². The molecule has 2 aliphatic carbocycles. The Bertz CT molecular complexity index is 1190. The standard InChI is InChI=1S/C34H38O5/c1-5-13-26(14-6-1)22-35-25-29-21-30-32(39-34(38-30)19-11-4-12-20-34)33(37-24-28-17-9-3-10-18-28)31(29)36-23-27-15-7-2-8-16-27/h1-3,5-10,13-18,21,30-33H,4,11-12,19-20,22-25H2/t30-,31-,32-,33+/m1/s1. The maximum atomic E-state index is 6.79. The minimum absolute atomic E-state index is 0.184. The number of ether oxygens (including phenoxy) is 5. The average Bonchev–Trinajstić information content (AvgIpc) is 3.33. The summed E-state index contributed by atoms with van der Waals surface area (Å²) < 4.78 is 33.1. The second-order valence-corrected chi connectivity index (χ2v) is 10.8. The fourth-order valence-electron chi connectivity index (χ4n) is 5.96. The van der Waals surface area contributed by atoms with Crippen LogP contribution in [0.25, 0.3) is 0 Å². The molecule has 1 saturated heterocycles. The Balaban J connectivity index is 1.26. The molecular weight excluding hydrogens is 488 g/mol. The first kappa shape index (κ1) is 26.4. The van der Waals surface area contributed by atoms with Crippen LogP contribution in [0.4, 0.5) is 0 Å². The van der Waals surface area contributed by atoms with Gasteiger partial charge in [-0.2, -0.15) is 0 Å². The van der Waals surface area contributed by atoms with E-state index in [9.17, 15) is 0 Å². The molecule has 39 heavy (non-hydrogen) atoms. The summed E-state index contributed by atoms with van der Waals surface area (Å²) in [7, 11) is 0. The van der Waals surface area contributed by atoms with Crippen LogP contribution in [0.2, 0.25) is 0 Å². The highest BCUT2D eigenvalue weighted by molar-refractivity contribution is 5.25. The van der Waals surface area contributed by atoms with Gasteiger partial charge < -0.3 is 23.7 Å². The van der Waals surface area contributed by atoms with E-state index in [-0.39, 0.29) is 24.4 Å². The van der Waals surface area contributed by atoms with Crippen molar-refractivity contribution in [3.05, 3.63) is 119 Å². The molecule has 5 heteroatoms. The molecule has 0 radical (unpaired) electrons. The largest absolute Gasteiger partial charge is 0.372 e. The van der Waals surface area contributed by atoms with Crippen LogP contribution in [0, 0.1) is 0 Å². The predicted molar refractivity (Wildman–Crippen MR) is 150 cm³/mol.